The number of fused-ring (bicyclic) bond motifs is 1. The number of nitrogens with zero attached hydrogens (tertiary/aromatic N) is 1. The topological polar surface area (TPSA) is 39.1 Å². The Morgan fingerprint density at radius 3 is 2.27 bits per heavy atom. The lowest BCUT2D eigenvalue weighted by Crippen LogP contribution is -2.22. The van der Waals surface area contributed by atoms with Gasteiger partial charge in [0.1, 0.15) is 0 Å². The molecule has 0 unspecified atom stereocenters. The van der Waals surface area contributed by atoms with Gasteiger partial charge in [-0.25, -0.2) is 0 Å². The maximum atomic E-state index is 12.8. The van der Waals surface area contributed by atoms with E-state index >= 15 is 0 Å². The lowest BCUT2D eigenvalue weighted by atomic mass is 10.1. The first-order valence-electron chi connectivity index (χ1n) is 8.11. The van der Waals surface area contributed by atoms with Crippen LogP contribution in [0.15, 0.2) is 60.8 Å². The Morgan fingerprint density at radius 1 is 0.923 bits per heavy atom. The molecular formula is C20H16F3NO2. The van der Waals surface area contributed by atoms with Crippen LogP contribution in [0.25, 0.3) is 10.9 Å². The molecule has 134 valence electrons. The van der Waals surface area contributed by atoms with E-state index in [4.69, 9.17) is 0 Å². The average Bonchev–Trinajstić information content (AvgIpc) is 2.98. The number of rotatable bonds is 6. The Kier molecular flexibility index (Phi) is 4.93. The fourth-order valence-electron chi connectivity index (χ4n) is 2.91. The zero-order valence-corrected chi connectivity index (χ0v) is 13.8. The fourth-order valence-corrected chi connectivity index (χ4v) is 2.91. The summed E-state index contributed by atoms with van der Waals surface area (Å²) in [5.41, 5.74) is 1.03. The van der Waals surface area contributed by atoms with Crippen molar-refractivity contribution in [2.45, 2.75) is 25.6 Å². The Labute approximate surface area is 148 Å². The van der Waals surface area contributed by atoms with E-state index in [0.29, 0.717) is 11.9 Å². The number of halogens is 3. The number of benzene rings is 2. The van der Waals surface area contributed by atoms with Gasteiger partial charge in [-0.3, -0.25) is 9.59 Å². The Balaban J connectivity index is 1.82. The first kappa shape index (κ1) is 17.9. The quantitative estimate of drug-likeness (QED) is 0.604. The van der Waals surface area contributed by atoms with Gasteiger partial charge < -0.3 is 4.57 Å². The van der Waals surface area contributed by atoms with Crippen LogP contribution in [0, 0.1) is 0 Å². The summed E-state index contributed by atoms with van der Waals surface area (Å²) in [5.74, 6) is -2.01. The fraction of sp³-hybridized carbons (Fsp3) is 0.200. The van der Waals surface area contributed by atoms with Crippen LogP contribution in [0.5, 0.6) is 0 Å². The highest BCUT2D eigenvalue weighted by molar-refractivity contribution is 6.10. The number of carbonyl (C=O) groups excluding carboxylic acids is 2. The van der Waals surface area contributed by atoms with Crippen molar-refractivity contribution in [3.8, 4) is 0 Å². The third-order valence-corrected chi connectivity index (χ3v) is 4.17. The third kappa shape index (κ3) is 3.85. The van der Waals surface area contributed by atoms with E-state index in [1.54, 1.807) is 18.2 Å². The number of aryl methyl sites for hydroxylation is 1. The molecule has 0 N–H and O–H groups in total. The van der Waals surface area contributed by atoms with E-state index in [1.807, 2.05) is 30.3 Å². The van der Waals surface area contributed by atoms with E-state index in [1.165, 1.54) is 10.6 Å². The molecule has 0 aliphatic rings. The predicted octanol–water partition coefficient (Wildman–Crippen LogP) is 4.59. The van der Waals surface area contributed by atoms with E-state index < -0.39 is 17.5 Å². The van der Waals surface area contributed by atoms with E-state index in [9.17, 15) is 22.8 Å². The van der Waals surface area contributed by atoms with Gasteiger partial charge >= 0.3 is 6.18 Å². The molecule has 0 bridgehead atoms. The molecule has 0 saturated carbocycles. The van der Waals surface area contributed by atoms with Crippen LogP contribution in [-0.4, -0.2) is 22.3 Å². The van der Waals surface area contributed by atoms with Gasteiger partial charge in [-0.2, -0.15) is 13.2 Å². The van der Waals surface area contributed by atoms with Crippen LogP contribution in [0.3, 0.4) is 0 Å². The standard InChI is InChI=1S/C20H16F3NO2/c21-20(22,23)19(26)17-13-24(18-9-5-4-8-16(17)18)12-15(25)11-10-14-6-2-1-3-7-14/h1-9,13H,10-12H2. The van der Waals surface area contributed by atoms with Gasteiger partial charge in [0.05, 0.1) is 12.1 Å². The summed E-state index contributed by atoms with van der Waals surface area (Å²) >= 11 is 0. The highest BCUT2D eigenvalue weighted by Crippen LogP contribution is 2.28. The first-order valence-corrected chi connectivity index (χ1v) is 8.11. The normalized spacial score (nSPS) is 11.7. The van der Waals surface area contributed by atoms with Gasteiger partial charge in [0.2, 0.25) is 0 Å². The second-order valence-electron chi connectivity index (χ2n) is 6.04. The van der Waals surface area contributed by atoms with Crippen molar-refractivity contribution in [2.24, 2.45) is 0 Å². The zero-order valence-electron chi connectivity index (χ0n) is 13.8. The molecule has 0 aliphatic heterocycles. The third-order valence-electron chi connectivity index (χ3n) is 4.17. The molecule has 6 heteroatoms. The summed E-state index contributed by atoms with van der Waals surface area (Å²) in [4.78, 5) is 23.9. The lowest BCUT2D eigenvalue weighted by molar-refractivity contribution is -0.119. The van der Waals surface area contributed by atoms with Crippen LogP contribution >= 0.6 is 0 Å². The van der Waals surface area contributed by atoms with Gasteiger partial charge in [0.15, 0.2) is 5.78 Å². The maximum Gasteiger partial charge on any atom is 0.454 e. The number of hydrogen-bond donors (Lipinski definition) is 0. The molecule has 3 nitrogen and oxygen atoms in total. The average molecular weight is 359 g/mol. The summed E-state index contributed by atoms with van der Waals surface area (Å²) in [7, 11) is 0. The highest BCUT2D eigenvalue weighted by Gasteiger charge is 2.40. The Morgan fingerprint density at radius 2 is 1.58 bits per heavy atom. The van der Waals surface area contributed by atoms with Crippen molar-refractivity contribution in [1.29, 1.82) is 0 Å². The molecule has 0 amide bonds. The summed E-state index contributed by atoms with van der Waals surface area (Å²) in [6.45, 7) is -0.0709. The number of Topliss-reactive ketones (excluding diaryl/α,β-unsaturated/α-hetero) is 2. The van der Waals surface area contributed by atoms with Crippen molar-refractivity contribution in [1.82, 2.24) is 4.57 Å². The second kappa shape index (κ2) is 7.15. The van der Waals surface area contributed by atoms with Crippen molar-refractivity contribution < 1.29 is 22.8 Å². The van der Waals surface area contributed by atoms with E-state index in [-0.39, 0.29) is 24.1 Å². The molecule has 0 saturated heterocycles. The molecule has 0 spiro atoms. The van der Waals surface area contributed by atoms with Gasteiger partial charge in [0, 0.05) is 23.5 Å². The summed E-state index contributed by atoms with van der Waals surface area (Å²) < 4.78 is 39.9. The first-order chi connectivity index (χ1) is 12.4. The predicted molar refractivity (Wildman–Crippen MR) is 92.1 cm³/mol. The summed E-state index contributed by atoms with van der Waals surface area (Å²) in [6, 6.07) is 15.8. The van der Waals surface area contributed by atoms with Crippen molar-refractivity contribution in [3.05, 3.63) is 71.9 Å². The number of hydrogen-bond acceptors (Lipinski definition) is 2. The molecule has 2 aromatic carbocycles. The molecule has 26 heavy (non-hydrogen) atoms. The monoisotopic (exact) mass is 359 g/mol. The SMILES string of the molecule is O=C(CCc1ccccc1)Cn1cc(C(=O)C(F)(F)F)c2ccccc21. The molecule has 0 radical (unpaired) electrons. The lowest BCUT2D eigenvalue weighted by Gasteiger charge is -2.05. The highest BCUT2D eigenvalue weighted by atomic mass is 19.4. The van der Waals surface area contributed by atoms with Crippen LogP contribution in [0.1, 0.15) is 22.3 Å². The van der Waals surface area contributed by atoms with Crippen LogP contribution < -0.4 is 0 Å². The molecule has 0 fully saturated rings. The summed E-state index contributed by atoms with van der Waals surface area (Å²) in [5, 5.41) is 0.200. The van der Waals surface area contributed by atoms with E-state index in [2.05, 4.69) is 0 Å². The number of alkyl halides is 3. The summed E-state index contributed by atoms with van der Waals surface area (Å²) in [6.07, 6.45) is -2.99. The largest absolute Gasteiger partial charge is 0.454 e. The second-order valence-corrected chi connectivity index (χ2v) is 6.04. The molecule has 0 aliphatic carbocycles. The molecular weight excluding hydrogens is 343 g/mol. The zero-order chi connectivity index (χ0) is 18.7. The minimum atomic E-state index is -4.95. The van der Waals surface area contributed by atoms with Gasteiger partial charge in [-0.05, 0) is 18.1 Å². The molecule has 1 heterocycles. The molecule has 3 rings (SSSR count). The van der Waals surface area contributed by atoms with Gasteiger partial charge in [-0.1, -0.05) is 48.5 Å². The maximum absolute atomic E-state index is 12.8. The molecule has 1 aromatic heterocycles. The number of aromatic nitrogens is 1. The van der Waals surface area contributed by atoms with Crippen molar-refractivity contribution in [3.63, 3.8) is 0 Å². The number of para-hydroxylation sites is 1. The van der Waals surface area contributed by atoms with Gasteiger partial charge in [0.25, 0.3) is 5.78 Å². The number of ketones is 2. The molecule has 3 aromatic rings. The Bertz CT molecular complexity index is 943. The van der Waals surface area contributed by atoms with Gasteiger partial charge in [-0.15, -0.1) is 0 Å². The Hall–Kier alpha value is -2.89. The van der Waals surface area contributed by atoms with Crippen LogP contribution in [0.2, 0.25) is 0 Å². The smallest absolute Gasteiger partial charge is 0.339 e. The van der Waals surface area contributed by atoms with Crippen LogP contribution in [0.4, 0.5) is 13.2 Å². The van der Waals surface area contributed by atoms with Crippen molar-refractivity contribution >= 4 is 22.5 Å². The molecule has 0 atom stereocenters. The van der Waals surface area contributed by atoms with E-state index in [0.717, 1.165) is 11.8 Å². The number of carbonyl (C=O) groups is 2. The minimum Gasteiger partial charge on any atom is -0.339 e. The van der Waals surface area contributed by atoms with Crippen LogP contribution in [-0.2, 0) is 17.8 Å². The minimum absolute atomic E-state index is 0.0709. The van der Waals surface area contributed by atoms with Crippen molar-refractivity contribution in [2.75, 3.05) is 0 Å².